The lowest BCUT2D eigenvalue weighted by atomic mass is 10.1. The van der Waals surface area contributed by atoms with Gasteiger partial charge in [0.15, 0.2) is 0 Å². The zero-order valence-electron chi connectivity index (χ0n) is 7.25. The van der Waals surface area contributed by atoms with E-state index in [9.17, 15) is 5.11 Å². The zero-order chi connectivity index (χ0) is 8.55. The molecule has 0 aliphatic carbocycles. The summed E-state index contributed by atoms with van der Waals surface area (Å²) in [6.45, 7) is 4.13. The Labute approximate surface area is 72.4 Å². The van der Waals surface area contributed by atoms with Crippen LogP contribution in [0.15, 0.2) is 18.2 Å². The van der Waals surface area contributed by atoms with Gasteiger partial charge in [-0.1, -0.05) is 12.1 Å². The van der Waals surface area contributed by atoms with Gasteiger partial charge in [0.25, 0.3) is 0 Å². The van der Waals surface area contributed by atoms with Gasteiger partial charge in [-0.15, -0.1) is 0 Å². The van der Waals surface area contributed by atoms with Gasteiger partial charge >= 0.3 is 0 Å². The van der Waals surface area contributed by atoms with Crippen LogP contribution in [0.4, 0.5) is 5.69 Å². The highest BCUT2D eigenvalue weighted by Crippen LogP contribution is 2.35. The van der Waals surface area contributed by atoms with Crippen LogP contribution in [0.3, 0.4) is 0 Å². The van der Waals surface area contributed by atoms with Gasteiger partial charge in [-0.2, -0.15) is 0 Å². The van der Waals surface area contributed by atoms with E-state index in [4.69, 9.17) is 0 Å². The van der Waals surface area contributed by atoms with Crippen molar-refractivity contribution in [1.29, 1.82) is 0 Å². The maximum atomic E-state index is 9.59. The molecule has 0 fully saturated rings. The van der Waals surface area contributed by atoms with E-state index in [1.807, 2.05) is 6.07 Å². The standard InChI is InChI=1S/C10H13NO/c1-2-11-7-6-8-4-3-5-9(12)10(8)11/h3-5,12H,2,6-7H2,1H3. The number of fused-ring (bicyclic) bond motifs is 1. The predicted molar refractivity (Wildman–Crippen MR) is 49.7 cm³/mol. The van der Waals surface area contributed by atoms with E-state index in [2.05, 4.69) is 17.9 Å². The lowest BCUT2D eigenvalue weighted by molar-refractivity contribution is 0.475. The number of phenolic OH excluding ortho intramolecular Hbond substituents is 1. The Kier molecular flexibility index (Phi) is 1.68. The summed E-state index contributed by atoms with van der Waals surface area (Å²) in [6.07, 6.45) is 1.07. The minimum absolute atomic E-state index is 0.423. The smallest absolute Gasteiger partial charge is 0.139 e. The maximum Gasteiger partial charge on any atom is 0.139 e. The van der Waals surface area contributed by atoms with Crippen LogP contribution in [0, 0.1) is 0 Å². The molecule has 0 radical (unpaired) electrons. The monoisotopic (exact) mass is 163 g/mol. The number of hydrogen-bond donors (Lipinski definition) is 1. The van der Waals surface area contributed by atoms with Crippen molar-refractivity contribution in [2.45, 2.75) is 13.3 Å². The fourth-order valence-corrected chi connectivity index (χ4v) is 1.83. The van der Waals surface area contributed by atoms with Gasteiger partial charge in [-0.25, -0.2) is 0 Å². The van der Waals surface area contributed by atoms with E-state index in [1.54, 1.807) is 6.07 Å². The van der Waals surface area contributed by atoms with Crippen molar-refractivity contribution < 1.29 is 5.11 Å². The molecular formula is C10H13NO. The third kappa shape index (κ3) is 0.951. The molecule has 64 valence electrons. The minimum atomic E-state index is 0.423. The predicted octanol–water partition coefficient (Wildman–Crippen LogP) is 1.77. The van der Waals surface area contributed by atoms with Crippen LogP contribution < -0.4 is 4.90 Å². The molecule has 0 atom stereocenters. The second-order valence-corrected chi connectivity index (χ2v) is 3.11. The van der Waals surface area contributed by atoms with Crippen LogP contribution >= 0.6 is 0 Å². The molecule has 1 N–H and O–H groups in total. The Hall–Kier alpha value is -1.18. The number of benzene rings is 1. The zero-order valence-corrected chi connectivity index (χ0v) is 7.25. The van der Waals surface area contributed by atoms with Gasteiger partial charge in [-0.3, -0.25) is 0 Å². The number of para-hydroxylation sites is 1. The number of nitrogens with zero attached hydrogens (tertiary/aromatic N) is 1. The lowest BCUT2D eigenvalue weighted by Gasteiger charge is -2.17. The molecule has 0 spiro atoms. The fraction of sp³-hybridized carbons (Fsp3) is 0.400. The van der Waals surface area contributed by atoms with Crippen LogP contribution in [-0.4, -0.2) is 18.2 Å². The van der Waals surface area contributed by atoms with Gasteiger partial charge in [0, 0.05) is 13.1 Å². The third-order valence-electron chi connectivity index (χ3n) is 2.45. The lowest BCUT2D eigenvalue weighted by Crippen LogP contribution is -2.19. The Bertz CT molecular complexity index is 296. The van der Waals surface area contributed by atoms with E-state index in [-0.39, 0.29) is 0 Å². The second kappa shape index (κ2) is 2.70. The molecule has 0 saturated carbocycles. The summed E-state index contributed by atoms with van der Waals surface area (Å²) in [5, 5.41) is 9.59. The maximum absolute atomic E-state index is 9.59. The molecule has 1 aromatic rings. The number of anilines is 1. The first kappa shape index (κ1) is 7.47. The normalized spacial score (nSPS) is 14.9. The van der Waals surface area contributed by atoms with Crippen molar-refractivity contribution in [2.24, 2.45) is 0 Å². The minimum Gasteiger partial charge on any atom is -0.506 e. The number of rotatable bonds is 1. The molecule has 1 aromatic carbocycles. The first-order chi connectivity index (χ1) is 5.83. The van der Waals surface area contributed by atoms with Crippen LogP contribution in [0.2, 0.25) is 0 Å². The molecule has 2 nitrogen and oxygen atoms in total. The number of likely N-dealkylation sites (N-methyl/N-ethyl adjacent to an activating group) is 1. The molecule has 0 aromatic heterocycles. The fourth-order valence-electron chi connectivity index (χ4n) is 1.83. The summed E-state index contributed by atoms with van der Waals surface area (Å²) in [6, 6.07) is 5.75. The summed E-state index contributed by atoms with van der Waals surface area (Å²) in [5.41, 5.74) is 2.32. The summed E-state index contributed by atoms with van der Waals surface area (Å²) in [7, 11) is 0. The molecule has 0 bridgehead atoms. The van der Waals surface area contributed by atoms with Crippen molar-refractivity contribution in [1.82, 2.24) is 0 Å². The molecule has 0 unspecified atom stereocenters. The van der Waals surface area contributed by atoms with Crippen LogP contribution in [0.1, 0.15) is 12.5 Å². The highest BCUT2D eigenvalue weighted by molar-refractivity contribution is 5.66. The molecule has 2 rings (SSSR count). The van der Waals surface area contributed by atoms with Gasteiger partial charge in [-0.05, 0) is 25.0 Å². The molecule has 1 aliphatic heterocycles. The van der Waals surface area contributed by atoms with Crippen LogP contribution in [0.5, 0.6) is 5.75 Å². The third-order valence-corrected chi connectivity index (χ3v) is 2.45. The average Bonchev–Trinajstić information content (AvgIpc) is 2.49. The van der Waals surface area contributed by atoms with Crippen molar-refractivity contribution in [2.75, 3.05) is 18.0 Å². The highest BCUT2D eigenvalue weighted by atomic mass is 16.3. The number of hydrogen-bond acceptors (Lipinski definition) is 2. The van der Waals surface area contributed by atoms with E-state index in [0.717, 1.165) is 25.2 Å². The van der Waals surface area contributed by atoms with Gasteiger partial charge < -0.3 is 10.0 Å². The van der Waals surface area contributed by atoms with Gasteiger partial charge in [0.1, 0.15) is 5.75 Å². The highest BCUT2D eigenvalue weighted by Gasteiger charge is 2.19. The summed E-state index contributed by atoms with van der Waals surface area (Å²) >= 11 is 0. The van der Waals surface area contributed by atoms with Crippen molar-refractivity contribution in [3.63, 3.8) is 0 Å². The Morgan fingerprint density at radius 3 is 3.08 bits per heavy atom. The van der Waals surface area contributed by atoms with E-state index in [1.165, 1.54) is 5.56 Å². The molecule has 0 amide bonds. The molecule has 1 aliphatic rings. The molecule has 2 heteroatoms. The first-order valence-corrected chi connectivity index (χ1v) is 4.38. The van der Waals surface area contributed by atoms with E-state index >= 15 is 0 Å². The quantitative estimate of drug-likeness (QED) is 0.682. The van der Waals surface area contributed by atoms with Crippen molar-refractivity contribution >= 4 is 5.69 Å². The number of phenols is 1. The Morgan fingerprint density at radius 1 is 1.50 bits per heavy atom. The van der Waals surface area contributed by atoms with Crippen LogP contribution in [-0.2, 0) is 6.42 Å². The summed E-state index contributed by atoms with van der Waals surface area (Å²) in [5.74, 6) is 0.423. The molecule has 0 saturated heterocycles. The van der Waals surface area contributed by atoms with Crippen LogP contribution in [0.25, 0.3) is 0 Å². The number of aromatic hydroxyl groups is 1. The summed E-state index contributed by atoms with van der Waals surface area (Å²) < 4.78 is 0. The van der Waals surface area contributed by atoms with E-state index < -0.39 is 0 Å². The van der Waals surface area contributed by atoms with E-state index in [0.29, 0.717) is 5.75 Å². The average molecular weight is 163 g/mol. The Balaban J connectivity index is 2.48. The topological polar surface area (TPSA) is 23.5 Å². The summed E-state index contributed by atoms with van der Waals surface area (Å²) in [4.78, 5) is 2.21. The molecule has 1 heterocycles. The Morgan fingerprint density at radius 2 is 2.33 bits per heavy atom. The first-order valence-electron chi connectivity index (χ1n) is 4.38. The van der Waals surface area contributed by atoms with Gasteiger partial charge in [0.05, 0.1) is 5.69 Å². The van der Waals surface area contributed by atoms with Gasteiger partial charge in [0.2, 0.25) is 0 Å². The second-order valence-electron chi connectivity index (χ2n) is 3.11. The van der Waals surface area contributed by atoms with Crippen molar-refractivity contribution in [3.05, 3.63) is 23.8 Å². The molecular weight excluding hydrogens is 150 g/mol. The molecule has 12 heavy (non-hydrogen) atoms. The largest absolute Gasteiger partial charge is 0.506 e. The van der Waals surface area contributed by atoms with Crippen molar-refractivity contribution in [3.8, 4) is 5.75 Å². The SMILES string of the molecule is CCN1CCc2cccc(O)c21.